The maximum absolute atomic E-state index is 13.3. The van der Waals surface area contributed by atoms with Gasteiger partial charge in [-0.1, -0.05) is 39.3 Å². The minimum absolute atomic E-state index is 0.00896. The Labute approximate surface area is 505 Å². The number of fused-ring (bicyclic) bond motifs is 5. The third-order valence-corrected chi connectivity index (χ3v) is 21.2. The van der Waals surface area contributed by atoms with Crippen LogP contribution in [-0.2, 0) is 66.7 Å². The van der Waals surface area contributed by atoms with Gasteiger partial charge >= 0.3 is 10.4 Å². The quantitative estimate of drug-likeness (QED) is 0.0445. The van der Waals surface area contributed by atoms with Crippen molar-refractivity contribution < 1.29 is 141 Å². The Morgan fingerprint density at radius 3 is 1.64 bits per heavy atom. The normalized spacial score (nSPS) is 51.2. The van der Waals surface area contributed by atoms with Gasteiger partial charge in [0, 0.05) is 12.8 Å². The molecule has 0 aromatic rings. The van der Waals surface area contributed by atoms with Crippen LogP contribution in [0.1, 0.15) is 113 Å². The van der Waals surface area contributed by atoms with Gasteiger partial charge in [0.25, 0.3) is 0 Å². The molecule has 0 aromatic heterocycles. The second-order valence-corrected chi connectivity index (χ2v) is 28.2. The van der Waals surface area contributed by atoms with E-state index >= 15 is 0 Å². The molecule has 0 aromatic carbocycles. The van der Waals surface area contributed by atoms with Crippen molar-refractivity contribution in [2.75, 3.05) is 13.2 Å². The molecule has 502 valence electrons. The Hall–Kier alpha value is -1.68. The average Bonchev–Trinajstić information content (AvgIpc) is 1.71. The van der Waals surface area contributed by atoms with E-state index in [1.165, 1.54) is 20.8 Å². The molecule has 0 bridgehead atoms. The van der Waals surface area contributed by atoms with Crippen LogP contribution in [0.25, 0.3) is 0 Å². The number of carbonyl (C=O) groups excluding carboxylic acids is 1. The topological polar surface area (TPSA) is 456 Å². The second-order valence-electron chi connectivity index (χ2n) is 27.1. The van der Waals surface area contributed by atoms with Crippen LogP contribution in [0.5, 0.6) is 0 Å². The maximum atomic E-state index is 13.3. The lowest BCUT2D eigenvalue weighted by atomic mass is 9.47. The van der Waals surface area contributed by atoms with E-state index in [9.17, 15) is 89.3 Å². The molecule has 8 fully saturated rings. The Bertz CT molecular complexity index is 2480. The van der Waals surface area contributed by atoms with Gasteiger partial charge in [0.2, 0.25) is 0 Å². The first-order valence-corrected chi connectivity index (χ1v) is 31.9. The molecule has 5 saturated heterocycles. The van der Waals surface area contributed by atoms with Crippen LogP contribution < -0.4 is 0 Å². The highest BCUT2D eigenvalue weighted by Crippen LogP contribution is 2.67. The Balaban J connectivity index is 1.05. The molecule has 29 nitrogen and oxygen atoms in total. The van der Waals surface area contributed by atoms with Gasteiger partial charge in [0.15, 0.2) is 31.5 Å². The van der Waals surface area contributed by atoms with Gasteiger partial charge < -0.3 is 119 Å². The number of ketones is 1. The predicted octanol–water partition coefficient (Wildman–Crippen LogP) is -3.32. The van der Waals surface area contributed by atoms with Crippen molar-refractivity contribution in [3.8, 4) is 0 Å². The van der Waals surface area contributed by atoms with Gasteiger partial charge in [-0.2, -0.15) is 8.42 Å². The van der Waals surface area contributed by atoms with E-state index < -0.39 is 212 Å². The molecule has 87 heavy (non-hydrogen) atoms. The summed E-state index contributed by atoms with van der Waals surface area (Å²) in [6.07, 6.45) is -41.6. The lowest BCUT2D eigenvalue weighted by Gasteiger charge is -2.60. The van der Waals surface area contributed by atoms with Crippen molar-refractivity contribution in [1.82, 2.24) is 0 Å². The highest BCUT2D eigenvalue weighted by Gasteiger charge is 2.64. The van der Waals surface area contributed by atoms with Crippen LogP contribution in [0.3, 0.4) is 0 Å². The van der Waals surface area contributed by atoms with E-state index in [0.717, 1.165) is 5.57 Å². The fraction of sp³-hybridized carbons (Fsp3) is 0.947. The zero-order valence-corrected chi connectivity index (χ0v) is 51.0. The number of ether oxygens (including phenoxy) is 10. The smallest absolute Gasteiger partial charge is 0.394 e. The predicted molar refractivity (Wildman–Crippen MR) is 292 cm³/mol. The summed E-state index contributed by atoms with van der Waals surface area (Å²) in [7, 11) is -4.95. The molecule has 5 heterocycles. The highest BCUT2D eigenvalue weighted by molar-refractivity contribution is 7.80. The zero-order chi connectivity index (χ0) is 63.9. The van der Waals surface area contributed by atoms with E-state index in [1.54, 1.807) is 6.92 Å². The van der Waals surface area contributed by atoms with E-state index in [1.807, 2.05) is 20.8 Å². The lowest BCUT2D eigenvalue weighted by Crippen LogP contribution is -2.69. The molecule has 30 heteroatoms. The van der Waals surface area contributed by atoms with E-state index in [-0.39, 0.29) is 55.1 Å². The third-order valence-electron chi connectivity index (χ3n) is 20.7. The summed E-state index contributed by atoms with van der Waals surface area (Å²) in [6.45, 7) is 11.9. The van der Waals surface area contributed by atoms with Crippen molar-refractivity contribution in [3.63, 3.8) is 0 Å². The number of carbonyl (C=O) groups is 1. The highest BCUT2D eigenvalue weighted by atomic mass is 32.3. The van der Waals surface area contributed by atoms with Crippen LogP contribution in [0.2, 0.25) is 0 Å². The number of rotatable bonds is 19. The summed E-state index contributed by atoms with van der Waals surface area (Å²) >= 11 is 0. The SMILES string of the molecule is CC(C)CC(=O)CC(C)(O)C1CCC2C3CC(OC4OC(CO)C(O)C(O)C4OC4OC(CO)C(OC5OC(C)C(O)C(O)C5OC5OC(C)C(O)C(O)C5O)C(O)C4OC4OC(C)C(O)C(O)C4O)C4CC(OS(=O)(=O)O)CCC4(C)C3=CCC21C. The lowest BCUT2D eigenvalue weighted by molar-refractivity contribution is -0.412. The molecular weight excluding hydrogens is 1180 g/mol. The van der Waals surface area contributed by atoms with Crippen LogP contribution in [0.15, 0.2) is 11.6 Å². The minimum atomic E-state index is -4.95. The molecule has 5 aliphatic heterocycles. The van der Waals surface area contributed by atoms with Crippen LogP contribution in [0, 0.1) is 40.4 Å². The monoisotopic (exact) mass is 1270 g/mol. The second kappa shape index (κ2) is 27.0. The first kappa shape index (κ1) is 69.7. The zero-order valence-electron chi connectivity index (χ0n) is 50.2. The number of aliphatic hydroxyl groups is 14. The van der Waals surface area contributed by atoms with Crippen molar-refractivity contribution in [3.05, 3.63) is 11.6 Å². The molecule has 9 rings (SSSR count). The van der Waals surface area contributed by atoms with Crippen molar-refractivity contribution in [1.29, 1.82) is 0 Å². The average molecular weight is 1280 g/mol. The number of aliphatic hydroxyl groups excluding tert-OH is 13. The molecule has 0 spiro atoms. The summed E-state index contributed by atoms with van der Waals surface area (Å²) in [5.74, 6) is -1.22. The summed E-state index contributed by atoms with van der Waals surface area (Å²) in [5.41, 5.74) is -1.55. The van der Waals surface area contributed by atoms with Crippen molar-refractivity contribution in [2.24, 2.45) is 40.4 Å². The van der Waals surface area contributed by atoms with Crippen molar-refractivity contribution in [2.45, 2.75) is 285 Å². The Morgan fingerprint density at radius 1 is 0.609 bits per heavy atom. The van der Waals surface area contributed by atoms with Crippen LogP contribution in [0.4, 0.5) is 0 Å². The van der Waals surface area contributed by atoms with E-state index in [4.69, 9.17) is 51.6 Å². The van der Waals surface area contributed by atoms with Gasteiger partial charge in [-0.05, 0) is 113 Å². The number of Topliss-reactive ketones (excluding diaryl/α,β-unsaturated/α-hetero) is 1. The van der Waals surface area contributed by atoms with Crippen LogP contribution in [-0.4, -0.2) is 275 Å². The Morgan fingerprint density at radius 2 is 1.09 bits per heavy atom. The van der Waals surface area contributed by atoms with Gasteiger partial charge in [-0.25, -0.2) is 4.18 Å². The molecule has 0 amide bonds. The fourth-order valence-corrected chi connectivity index (χ4v) is 16.6. The number of hydrogen-bond donors (Lipinski definition) is 15. The minimum Gasteiger partial charge on any atom is -0.394 e. The van der Waals surface area contributed by atoms with Crippen LogP contribution >= 0.6 is 0 Å². The third kappa shape index (κ3) is 13.8. The molecule has 0 radical (unpaired) electrons. The van der Waals surface area contributed by atoms with E-state index in [2.05, 4.69) is 13.0 Å². The largest absolute Gasteiger partial charge is 0.397 e. The standard InChI is InChI=1S/C57H94O29S/c1-21(2)15-25(60)18-57(8,72)34-10-9-28-27-17-31(30-16-26(86-87(73,74)75)11-13-55(30,6)29(27)12-14-56(28,34)7)79-53-48(42(68)38(64)32(19-58)80-53)85-54-49(84-51-44(70)40(66)36(62)23(4)77-51)45(71)46(33(20-59)81-54)82-52-47(41(67)37(63)24(5)78-52)83-50-43(69)39(65)35(61)22(3)76-50/h12,21-24,26-28,30-54,58-59,61-72H,9-11,13-20H2,1-8H3,(H,73,74,75). The first-order chi connectivity index (χ1) is 40.6. The molecule has 34 unspecified atom stereocenters. The van der Waals surface area contributed by atoms with E-state index in [0.29, 0.717) is 32.1 Å². The maximum Gasteiger partial charge on any atom is 0.397 e. The number of allylic oxidation sites excluding steroid dienone is 2. The van der Waals surface area contributed by atoms with Gasteiger partial charge in [-0.3, -0.25) is 9.35 Å². The fourth-order valence-electron chi connectivity index (χ4n) is 16.1. The van der Waals surface area contributed by atoms with Gasteiger partial charge in [-0.15, -0.1) is 0 Å². The summed E-state index contributed by atoms with van der Waals surface area (Å²) < 4.78 is 102. The molecule has 34 atom stereocenters. The summed E-state index contributed by atoms with van der Waals surface area (Å²) in [6, 6.07) is 0. The summed E-state index contributed by atoms with van der Waals surface area (Å²) in [4.78, 5) is 13.3. The molecule has 15 N–H and O–H groups in total. The first-order valence-electron chi connectivity index (χ1n) is 30.5. The molecule has 9 aliphatic rings. The van der Waals surface area contributed by atoms with Gasteiger partial charge in [0.1, 0.15) is 110 Å². The number of hydrogen-bond acceptors (Lipinski definition) is 28. The summed E-state index contributed by atoms with van der Waals surface area (Å²) in [5, 5.41) is 157. The van der Waals surface area contributed by atoms with Crippen molar-refractivity contribution >= 4 is 16.2 Å². The van der Waals surface area contributed by atoms with Gasteiger partial charge in [0.05, 0.1) is 49.3 Å². The molecule has 4 aliphatic carbocycles. The molecule has 3 saturated carbocycles. The molecular formula is C57H94O29S. The Kier molecular flexibility index (Phi) is 21.6.